The van der Waals surface area contributed by atoms with Gasteiger partial charge in [0.15, 0.2) is 0 Å². The van der Waals surface area contributed by atoms with E-state index in [1.165, 1.54) is 6.08 Å². The normalized spacial score (nSPS) is 13.6. The van der Waals surface area contributed by atoms with Crippen molar-refractivity contribution >= 4 is 17.5 Å². The number of phenols is 1. The third-order valence-electron chi connectivity index (χ3n) is 4.16. The fraction of sp³-hybridized carbons (Fsp3) is 0.474. The van der Waals surface area contributed by atoms with Gasteiger partial charge in [0.25, 0.3) is 0 Å². The summed E-state index contributed by atoms with van der Waals surface area (Å²) >= 11 is 0. The summed E-state index contributed by atoms with van der Waals surface area (Å²) in [7, 11) is 0. The highest BCUT2D eigenvalue weighted by atomic mass is 16.3. The molecule has 1 aromatic carbocycles. The lowest BCUT2D eigenvalue weighted by Gasteiger charge is -2.34. The summed E-state index contributed by atoms with van der Waals surface area (Å²) in [6, 6.07) is 3.51. The first-order valence-electron chi connectivity index (χ1n) is 8.65. The van der Waals surface area contributed by atoms with Crippen LogP contribution in [-0.2, 0) is 9.59 Å². The Bertz CT molecular complexity index is 621. The lowest BCUT2D eigenvalue weighted by atomic mass is 10.1. The Morgan fingerprint density at radius 3 is 2.20 bits per heavy atom. The number of piperazine rings is 1. The van der Waals surface area contributed by atoms with E-state index in [1.54, 1.807) is 15.9 Å². The SMILES string of the molecule is C=CC(=O)N1CCN(C(=O)CNc2cc(C)c(C)cc2O)CC1.CC. The van der Waals surface area contributed by atoms with Gasteiger partial charge in [0.2, 0.25) is 11.8 Å². The van der Waals surface area contributed by atoms with Gasteiger partial charge in [0, 0.05) is 26.2 Å². The average molecular weight is 347 g/mol. The van der Waals surface area contributed by atoms with Crippen molar-refractivity contribution in [3.05, 3.63) is 35.9 Å². The van der Waals surface area contributed by atoms with Crippen molar-refractivity contribution < 1.29 is 14.7 Å². The standard InChI is InChI=1S/C17H23N3O3.C2H6/c1-4-16(22)19-5-7-20(8-6-19)17(23)11-18-14-9-12(2)13(3)10-15(14)21;1-2/h4,9-10,18,21H,1,5-8,11H2,2-3H3;1-2H3. The number of anilines is 1. The van der Waals surface area contributed by atoms with E-state index in [-0.39, 0.29) is 24.1 Å². The second-order valence-electron chi connectivity index (χ2n) is 5.72. The van der Waals surface area contributed by atoms with Crippen LogP contribution in [0, 0.1) is 13.8 Å². The minimum atomic E-state index is -0.102. The van der Waals surface area contributed by atoms with Crippen LogP contribution in [0.5, 0.6) is 5.75 Å². The Labute approximate surface area is 150 Å². The Hall–Kier alpha value is -2.50. The lowest BCUT2D eigenvalue weighted by Crippen LogP contribution is -2.51. The minimum Gasteiger partial charge on any atom is -0.506 e. The first-order valence-corrected chi connectivity index (χ1v) is 8.65. The highest BCUT2D eigenvalue weighted by Crippen LogP contribution is 2.26. The monoisotopic (exact) mass is 347 g/mol. The quantitative estimate of drug-likeness (QED) is 0.647. The number of phenolic OH excluding ortho intramolecular Hbond substituents is 1. The van der Waals surface area contributed by atoms with Crippen LogP contribution in [0.2, 0.25) is 0 Å². The van der Waals surface area contributed by atoms with Crippen LogP contribution in [0.3, 0.4) is 0 Å². The van der Waals surface area contributed by atoms with Gasteiger partial charge in [0.05, 0.1) is 12.2 Å². The highest BCUT2D eigenvalue weighted by Gasteiger charge is 2.22. The molecule has 2 amide bonds. The smallest absolute Gasteiger partial charge is 0.246 e. The third-order valence-corrected chi connectivity index (χ3v) is 4.16. The zero-order valence-corrected chi connectivity index (χ0v) is 15.6. The lowest BCUT2D eigenvalue weighted by molar-refractivity contribution is -0.135. The Morgan fingerprint density at radius 2 is 1.64 bits per heavy atom. The maximum Gasteiger partial charge on any atom is 0.246 e. The predicted octanol–water partition coefficient (Wildman–Crippen LogP) is 2.30. The number of amides is 2. The molecule has 1 fully saturated rings. The summed E-state index contributed by atoms with van der Waals surface area (Å²) < 4.78 is 0. The van der Waals surface area contributed by atoms with Crippen molar-refractivity contribution in [2.75, 3.05) is 38.0 Å². The van der Waals surface area contributed by atoms with E-state index in [4.69, 9.17) is 0 Å². The van der Waals surface area contributed by atoms with Crippen LogP contribution in [0.4, 0.5) is 5.69 Å². The van der Waals surface area contributed by atoms with Crippen molar-refractivity contribution in [1.29, 1.82) is 0 Å². The third kappa shape index (κ3) is 5.52. The van der Waals surface area contributed by atoms with Crippen molar-refractivity contribution in [1.82, 2.24) is 9.80 Å². The fourth-order valence-electron chi connectivity index (χ4n) is 2.53. The first-order chi connectivity index (χ1) is 11.9. The van der Waals surface area contributed by atoms with Gasteiger partial charge in [-0.25, -0.2) is 0 Å². The Kier molecular flexibility index (Phi) is 7.98. The maximum absolute atomic E-state index is 12.2. The molecule has 1 aliphatic rings. The topological polar surface area (TPSA) is 72.9 Å². The molecule has 0 spiro atoms. The molecule has 0 bridgehead atoms. The van der Waals surface area contributed by atoms with E-state index in [0.29, 0.717) is 31.9 Å². The molecule has 6 nitrogen and oxygen atoms in total. The zero-order valence-electron chi connectivity index (χ0n) is 15.6. The van der Waals surface area contributed by atoms with Crippen LogP contribution in [0.1, 0.15) is 25.0 Å². The van der Waals surface area contributed by atoms with Crippen LogP contribution in [-0.4, -0.2) is 59.4 Å². The molecule has 1 heterocycles. The molecule has 138 valence electrons. The molecule has 1 aliphatic heterocycles. The molecule has 6 heteroatoms. The fourth-order valence-corrected chi connectivity index (χ4v) is 2.53. The molecule has 2 N–H and O–H groups in total. The molecule has 2 rings (SSSR count). The highest BCUT2D eigenvalue weighted by molar-refractivity contribution is 5.87. The van der Waals surface area contributed by atoms with Crippen molar-refractivity contribution in [2.45, 2.75) is 27.7 Å². The van der Waals surface area contributed by atoms with Gasteiger partial charge >= 0.3 is 0 Å². The number of hydrogen-bond acceptors (Lipinski definition) is 4. The second kappa shape index (κ2) is 9.71. The van der Waals surface area contributed by atoms with E-state index >= 15 is 0 Å². The zero-order chi connectivity index (χ0) is 19.0. The van der Waals surface area contributed by atoms with Crippen molar-refractivity contribution in [3.8, 4) is 5.75 Å². The van der Waals surface area contributed by atoms with Crippen LogP contribution >= 0.6 is 0 Å². The van der Waals surface area contributed by atoms with Crippen LogP contribution in [0.25, 0.3) is 0 Å². The summed E-state index contributed by atoms with van der Waals surface area (Å²) in [4.78, 5) is 27.2. The molecular weight excluding hydrogens is 318 g/mol. The molecule has 0 saturated carbocycles. The average Bonchev–Trinajstić information content (AvgIpc) is 2.64. The van der Waals surface area contributed by atoms with Gasteiger partial charge in [-0.2, -0.15) is 0 Å². The van der Waals surface area contributed by atoms with E-state index < -0.39 is 0 Å². The van der Waals surface area contributed by atoms with Crippen LogP contribution < -0.4 is 5.32 Å². The predicted molar refractivity (Wildman–Crippen MR) is 101 cm³/mol. The first kappa shape index (κ1) is 20.5. The second-order valence-corrected chi connectivity index (χ2v) is 5.72. The number of benzene rings is 1. The number of rotatable bonds is 4. The van der Waals surface area contributed by atoms with E-state index in [9.17, 15) is 14.7 Å². The molecule has 0 radical (unpaired) electrons. The number of hydrogen-bond donors (Lipinski definition) is 2. The van der Waals surface area contributed by atoms with E-state index in [1.807, 2.05) is 33.8 Å². The summed E-state index contributed by atoms with van der Waals surface area (Å²) in [6.07, 6.45) is 1.29. The van der Waals surface area contributed by atoms with Crippen molar-refractivity contribution in [3.63, 3.8) is 0 Å². The molecule has 1 saturated heterocycles. The summed E-state index contributed by atoms with van der Waals surface area (Å²) in [6.45, 7) is 13.5. The molecular formula is C19H29N3O3. The van der Waals surface area contributed by atoms with Gasteiger partial charge in [-0.15, -0.1) is 0 Å². The number of aryl methyl sites for hydroxylation is 2. The Morgan fingerprint density at radius 1 is 1.12 bits per heavy atom. The van der Waals surface area contributed by atoms with E-state index in [0.717, 1.165) is 11.1 Å². The summed E-state index contributed by atoms with van der Waals surface area (Å²) in [5.74, 6) is -0.00842. The molecule has 0 aromatic heterocycles. The molecule has 0 aliphatic carbocycles. The van der Waals surface area contributed by atoms with E-state index in [2.05, 4.69) is 11.9 Å². The molecule has 1 aromatic rings. The van der Waals surface area contributed by atoms with Gasteiger partial charge in [-0.1, -0.05) is 20.4 Å². The minimum absolute atomic E-state index is 0.0478. The van der Waals surface area contributed by atoms with Gasteiger partial charge in [-0.3, -0.25) is 9.59 Å². The van der Waals surface area contributed by atoms with Gasteiger partial charge in [-0.05, 0) is 43.2 Å². The number of nitrogens with zero attached hydrogens (tertiary/aromatic N) is 2. The molecule has 0 unspecified atom stereocenters. The van der Waals surface area contributed by atoms with Gasteiger partial charge < -0.3 is 20.2 Å². The largest absolute Gasteiger partial charge is 0.506 e. The molecule has 25 heavy (non-hydrogen) atoms. The van der Waals surface area contributed by atoms with Crippen molar-refractivity contribution in [2.24, 2.45) is 0 Å². The summed E-state index contributed by atoms with van der Waals surface area (Å²) in [5, 5.41) is 12.9. The number of aromatic hydroxyl groups is 1. The summed E-state index contributed by atoms with van der Waals surface area (Å²) in [5.41, 5.74) is 2.61. The molecule has 0 atom stereocenters. The number of carbonyl (C=O) groups excluding carboxylic acids is 2. The number of nitrogens with one attached hydrogen (secondary N) is 1. The Balaban J connectivity index is 0.00000151. The van der Waals surface area contributed by atoms with Gasteiger partial charge in [0.1, 0.15) is 5.75 Å². The van der Waals surface area contributed by atoms with Crippen LogP contribution in [0.15, 0.2) is 24.8 Å². The number of carbonyl (C=O) groups is 2. The maximum atomic E-state index is 12.2.